The summed E-state index contributed by atoms with van der Waals surface area (Å²) < 4.78 is 11.8. The molecule has 1 aromatic carbocycles. The molecule has 0 unspecified atom stereocenters. The molecule has 2 heterocycles. The number of rotatable bonds is 5. The monoisotopic (exact) mass is 382 g/mol. The molecule has 0 aliphatic heterocycles. The average Bonchev–Trinajstić information content (AvgIpc) is 2.98. The van der Waals surface area contributed by atoms with Crippen LogP contribution in [0.2, 0.25) is 0 Å². The number of hydrogen-bond acceptors (Lipinski definition) is 7. The Morgan fingerprint density at radius 2 is 1.79 bits per heavy atom. The lowest BCUT2D eigenvalue weighted by atomic mass is 10.0. The van der Waals surface area contributed by atoms with E-state index in [9.17, 15) is 9.59 Å². The zero-order chi connectivity index (χ0) is 20.5. The first-order chi connectivity index (χ1) is 13.2. The van der Waals surface area contributed by atoms with Crippen molar-refractivity contribution < 1.29 is 19.1 Å². The summed E-state index contributed by atoms with van der Waals surface area (Å²) in [6.45, 7) is 6.78. The lowest BCUT2D eigenvalue weighted by Gasteiger charge is -2.19. The number of fused-ring (bicyclic) bond motifs is 1. The van der Waals surface area contributed by atoms with Crippen LogP contribution in [0.25, 0.3) is 22.0 Å². The molecule has 0 radical (unpaired) electrons. The van der Waals surface area contributed by atoms with Crippen molar-refractivity contribution in [2.45, 2.75) is 39.8 Å². The fourth-order valence-corrected chi connectivity index (χ4v) is 2.81. The van der Waals surface area contributed by atoms with E-state index >= 15 is 0 Å². The highest BCUT2D eigenvalue weighted by Crippen LogP contribution is 2.27. The maximum Gasteiger partial charge on any atom is 0.328 e. The van der Waals surface area contributed by atoms with Crippen LogP contribution in [0, 0.1) is 0 Å². The third kappa shape index (κ3) is 4.16. The van der Waals surface area contributed by atoms with Crippen LogP contribution in [-0.4, -0.2) is 44.2 Å². The zero-order valence-corrected chi connectivity index (χ0v) is 16.5. The Bertz CT molecular complexity index is 1030. The molecule has 2 aromatic heterocycles. The number of nitrogens with zero attached hydrogens (tertiary/aromatic N) is 4. The molecule has 146 valence electrons. The maximum atomic E-state index is 12.2. The molecule has 0 saturated heterocycles. The van der Waals surface area contributed by atoms with Crippen LogP contribution < -0.4 is 4.74 Å². The lowest BCUT2D eigenvalue weighted by molar-refractivity contribution is -0.155. The van der Waals surface area contributed by atoms with Gasteiger partial charge >= 0.3 is 12.0 Å². The number of aromatic nitrogens is 4. The van der Waals surface area contributed by atoms with Crippen molar-refractivity contribution in [3.05, 3.63) is 36.3 Å². The van der Waals surface area contributed by atoms with Gasteiger partial charge in [0.15, 0.2) is 5.78 Å². The first-order valence-electron chi connectivity index (χ1n) is 8.77. The van der Waals surface area contributed by atoms with Gasteiger partial charge in [-0.15, -0.1) is 0 Å². The minimum absolute atomic E-state index is 0.0773. The topological polar surface area (TPSA) is 96.2 Å². The van der Waals surface area contributed by atoms with Gasteiger partial charge in [-0.2, -0.15) is 5.10 Å². The third-order valence-electron chi connectivity index (χ3n) is 3.93. The Balaban J connectivity index is 2.01. The van der Waals surface area contributed by atoms with Gasteiger partial charge in [0.2, 0.25) is 0 Å². The summed E-state index contributed by atoms with van der Waals surface area (Å²) in [6, 6.07) is 5.80. The largest absolute Gasteiger partial charge is 0.467 e. The van der Waals surface area contributed by atoms with Crippen molar-refractivity contribution in [1.29, 1.82) is 0 Å². The average molecular weight is 382 g/mol. The number of Topliss-reactive ketones (excluding diaryl/α,β-unsaturated/α-hetero) is 1. The van der Waals surface area contributed by atoms with Gasteiger partial charge in [0.1, 0.15) is 17.8 Å². The Morgan fingerprint density at radius 1 is 1.11 bits per heavy atom. The minimum atomic E-state index is -0.592. The van der Waals surface area contributed by atoms with Crippen LogP contribution in [0.5, 0.6) is 6.01 Å². The number of carbonyl (C=O) groups is 2. The quantitative estimate of drug-likeness (QED) is 0.494. The minimum Gasteiger partial charge on any atom is -0.467 e. The molecule has 28 heavy (non-hydrogen) atoms. The van der Waals surface area contributed by atoms with Gasteiger partial charge in [-0.3, -0.25) is 14.3 Å². The van der Waals surface area contributed by atoms with Crippen LogP contribution in [0.4, 0.5) is 0 Å². The van der Waals surface area contributed by atoms with E-state index < -0.39 is 11.6 Å². The first kappa shape index (κ1) is 19.5. The van der Waals surface area contributed by atoms with Crippen molar-refractivity contribution in [1.82, 2.24) is 19.7 Å². The molecule has 0 N–H and O–H groups in total. The Hall–Kier alpha value is -3.29. The molecule has 3 aromatic rings. The van der Waals surface area contributed by atoms with Crippen LogP contribution in [0.3, 0.4) is 0 Å². The number of esters is 1. The Kier molecular flexibility index (Phi) is 5.13. The molecule has 8 nitrogen and oxygen atoms in total. The van der Waals surface area contributed by atoms with Gasteiger partial charge in [0, 0.05) is 30.3 Å². The highest BCUT2D eigenvalue weighted by molar-refractivity contribution is 6.06. The number of benzene rings is 1. The van der Waals surface area contributed by atoms with Gasteiger partial charge in [0.05, 0.1) is 12.6 Å². The molecule has 0 atom stereocenters. The second kappa shape index (κ2) is 7.38. The fourth-order valence-electron chi connectivity index (χ4n) is 2.81. The first-order valence-corrected chi connectivity index (χ1v) is 8.77. The predicted molar refractivity (Wildman–Crippen MR) is 103 cm³/mol. The second-order valence-electron chi connectivity index (χ2n) is 7.34. The molecule has 3 rings (SSSR count). The molecule has 0 aliphatic rings. The van der Waals surface area contributed by atoms with E-state index in [-0.39, 0.29) is 18.3 Å². The molecule has 0 spiro atoms. The summed E-state index contributed by atoms with van der Waals surface area (Å²) in [5, 5.41) is 4.99. The zero-order valence-electron chi connectivity index (χ0n) is 16.5. The van der Waals surface area contributed by atoms with Crippen molar-refractivity contribution in [2.75, 3.05) is 7.11 Å². The van der Waals surface area contributed by atoms with E-state index in [0.29, 0.717) is 16.6 Å². The number of carbonyl (C=O) groups excluding carboxylic acids is 2. The number of ether oxygens (including phenoxy) is 2. The Labute approximate surface area is 162 Å². The van der Waals surface area contributed by atoms with Crippen molar-refractivity contribution >= 4 is 22.7 Å². The van der Waals surface area contributed by atoms with Gasteiger partial charge in [0.25, 0.3) is 0 Å². The van der Waals surface area contributed by atoms with Crippen LogP contribution in [-0.2, 0) is 16.1 Å². The van der Waals surface area contributed by atoms with E-state index in [1.165, 1.54) is 18.7 Å². The van der Waals surface area contributed by atoms with Crippen molar-refractivity contribution in [3.63, 3.8) is 0 Å². The second-order valence-corrected chi connectivity index (χ2v) is 7.34. The SMILES string of the molecule is COc1ncc(-c2ccc3c(c2)c(C(C)=O)nn3CC(=O)OC(C)(C)C)cn1. The summed E-state index contributed by atoms with van der Waals surface area (Å²) in [5.74, 6) is -0.601. The van der Waals surface area contributed by atoms with Gasteiger partial charge in [-0.25, -0.2) is 9.97 Å². The number of methoxy groups -OCH3 is 1. The maximum absolute atomic E-state index is 12.2. The van der Waals surface area contributed by atoms with E-state index in [1.807, 2.05) is 18.2 Å². The summed E-state index contributed by atoms with van der Waals surface area (Å²) in [5.41, 5.74) is 1.99. The van der Waals surface area contributed by atoms with Crippen LogP contribution in [0.15, 0.2) is 30.6 Å². The van der Waals surface area contributed by atoms with Gasteiger partial charge < -0.3 is 9.47 Å². The van der Waals surface area contributed by atoms with Crippen molar-refractivity contribution in [3.8, 4) is 17.1 Å². The normalized spacial score (nSPS) is 11.5. The number of ketones is 1. The van der Waals surface area contributed by atoms with Gasteiger partial charge in [-0.05, 0) is 38.5 Å². The highest BCUT2D eigenvalue weighted by Gasteiger charge is 2.20. The highest BCUT2D eigenvalue weighted by atomic mass is 16.6. The molecule has 0 amide bonds. The third-order valence-corrected chi connectivity index (χ3v) is 3.93. The predicted octanol–water partition coefficient (Wildman–Crippen LogP) is 3.05. The molecule has 0 saturated carbocycles. The molecule has 0 fully saturated rings. The van der Waals surface area contributed by atoms with Gasteiger partial charge in [-0.1, -0.05) is 6.07 Å². The molecule has 0 bridgehead atoms. The lowest BCUT2D eigenvalue weighted by Crippen LogP contribution is -2.26. The fraction of sp³-hybridized carbons (Fsp3) is 0.350. The van der Waals surface area contributed by atoms with E-state index in [4.69, 9.17) is 9.47 Å². The molecular formula is C20H22N4O4. The standard InChI is InChI=1S/C20H22N4O4/c1-12(25)18-15-8-13(14-9-21-19(27-5)22-10-14)6-7-16(15)24(23-18)11-17(26)28-20(2,3)4/h6-10H,11H2,1-5H3. The van der Waals surface area contributed by atoms with Crippen LogP contribution in [0.1, 0.15) is 38.2 Å². The molecule has 8 heteroatoms. The summed E-state index contributed by atoms with van der Waals surface area (Å²) >= 11 is 0. The Morgan fingerprint density at radius 3 is 2.36 bits per heavy atom. The molecular weight excluding hydrogens is 360 g/mol. The van der Waals surface area contributed by atoms with E-state index in [0.717, 1.165) is 11.1 Å². The number of hydrogen-bond donors (Lipinski definition) is 0. The molecule has 0 aliphatic carbocycles. The smallest absolute Gasteiger partial charge is 0.328 e. The van der Waals surface area contributed by atoms with E-state index in [2.05, 4.69) is 15.1 Å². The van der Waals surface area contributed by atoms with Crippen LogP contribution >= 0.6 is 0 Å². The summed E-state index contributed by atoms with van der Waals surface area (Å²) in [6.07, 6.45) is 3.29. The summed E-state index contributed by atoms with van der Waals surface area (Å²) in [4.78, 5) is 32.5. The van der Waals surface area contributed by atoms with Crippen molar-refractivity contribution in [2.24, 2.45) is 0 Å². The van der Waals surface area contributed by atoms with E-state index in [1.54, 1.807) is 33.2 Å². The summed E-state index contributed by atoms with van der Waals surface area (Å²) in [7, 11) is 1.50.